The molecule has 0 aromatic heterocycles. The molecule has 2 rings (SSSR count). The summed E-state index contributed by atoms with van der Waals surface area (Å²) in [5.74, 6) is 0.485. The molecule has 1 aromatic rings. The van der Waals surface area contributed by atoms with E-state index in [1.807, 2.05) is 7.05 Å². The van der Waals surface area contributed by atoms with Crippen LogP contribution in [0.2, 0.25) is 0 Å². The van der Waals surface area contributed by atoms with Gasteiger partial charge < -0.3 is 15.4 Å². The summed E-state index contributed by atoms with van der Waals surface area (Å²) in [4.78, 5) is 14.0. The molecule has 116 valence electrons. The number of amides is 1. The second-order valence-electron chi connectivity index (χ2n) is 5.62. The van der Waals surface area contributed by atoms with E-state index >= 15 is 0 Å². The van der Waals surface area contributed by atoms with Gasteiger partial charge in [-0.25, -0.2) is 4.39 Å². The molecular formula is C16H23FN2O2. The zero-order valence-electron chi connectivity index (χ0n) is 12.4. The van der Waals surface area contributed by atoms with E-state index in [1.165, 1.54) is 12.1 Å². The van der Waals surface area contributed by atoms with E-state index in [0.717, 1.165) is 25.7 Å². The zero-order valence-corrected chi connectivity index (χ0v) is 12.4. The Labute approximate surface area is 125 Å². The van der Waals surface area contributed by atoms with Crippen molar-refractivity contribution in [1.29, 1.82) is 0 Å². The Bertz CT molecular complexity index is 464. The largest absolute Gasteiger partial charge is 0.494 e. The Balaban J connectivity index is 1.68. The van der Waals surface area contributed by atoms with Gasteiger partial charge in [0.25, 0.3) is 0 Å². The van der Waals surface area contributed by atoms with Gasteiger partial charge in [-0.05, 0) is 43.5 Å². The summed E-state index contributed by atoms with van der Waals surface area (Å²) in [6.07, 6.45) is 3.62. The van der Waals surface area contributed by atoms with E-state index in [0.29, 0.717) is 18.9 Å². The summed E-state index contributed by atoms with van der Waals surface area (Å²) in [6.45, 7) is 1.14. The number of nitrogens with zero attached hydrogens (tertiary/aromatic N) is 1. The van der Waals surface area contributed by atoms with Crippen molar-refractivity contribution < 1.29 is 13.9 Å². The Morgan fingerprint density at radius 3 is 2.71 bits per heavy atom. The van der Waals surface area contributed by atoms with Crippen LogP contribution in [0.1, 0.15) is 25.7 Å². The smallest absolute Gasteiger partial charge is 0.226 e. The molecule has 2 atom stereocenters. The lowest BCUT2D eigenvalue weighted by atomic mass is 10.0. The van der Waals surface area contributed by atoms with Crippen molar-refractivity contribution in [3.8, 4) is 5.75 Å². The number of ether oxygens (including phenoxy) is 1. The zero-order chi connectivity index (χ0) is 15.2. The summed E-state index contributed by atoms with van der Waals surface area (Å²) in [6, 6.07) is 5.94. The summed E-state index contributed by atoms with van der Waals surface area (Å²) in [7, 11) is 1.81. The number of rotatable bonds is 6. The fourth-order valence-electron chi connectivity index (χ4n) is 2.71. The molecule has 4 nitrogen and oxygen atoms in total. The molecule has 0 unspecified atom stereocenters. The molecule has 1 aromatic carbocycles. The highest BCUT2D eigenvalue weighted by Gasteiger charge is 2.31. The first kappa shape index (κ1) is 15.8. The van der Waals surface area contributed by atoms with E-state index < -0.39 is 0 Å². The van der Waals surface area contributed by atoms with Crippen molar-refractivity contribution in [3.63, 3.8) is 0 Å². The molecular weight excluding hydrogens is 271 g/mol. The minimum Gasteiger partial charge on any atom is -0.494 e. The van der Waals surface area contributed by atoms with Crippen molar-refractivity contribution in [2.75, 3.05) is 20.2 Å². The van der Waals surface area contributed by atoms with Crippen molar-refractivity contribution >= 4 is 5.91 Å². The van der Waals surface area contributed by atoms with E-state index in [4.69, 9.17) is 10.5 Å². The first-order valence-electron chi connectivity index (χ1n) is 7.47. The maximum absolute atomic E-state index is 12.7. The molecule has 0 aliphatic heterocycles. The van der Waals surface area contributed by atoms with Gasteiger partial charge in [-0.1, -0.05) is 6.42 Å². The first-order valence-corrected chi connectivity index (χ1v) is 7.47. The number of hydrogen-bond acceptors (Lipinski definition) is 3. The number of carbonyl (C=O) groups is 1. The predicted molar refractivity (Wildman–Crippen MR) is 79.5 cm³/mol. The summed E-state index contributed by atoms with van der Waals surface area (Å²) >= 11 is 0. The van der Waals surface area contributed by atoms with Crippen molar-refractivity contribution in [3.05, 3.63) is 30.1 Å². The van der Waals surface area contributed by atoms with Crippen LogP contribution < -0.4 is 10.5 Å². The highest BCUT2D eigenvalue weighted by atomic mass is 19.1. The van der Waals surface area contributed by atoms with Gasteiger partial charge in [-0.2, -0.15) is 0 Å². The molecule has 0 spiro atoms. The van der Waals surface area contributed by atoms with Gasteiger partial charge in [0.2, 0.25) is 5.91 Å². The minimum atomic E-state index is -0.277. The molecule has 21 heavy (non-hydrogen) atoms. The number of benzene rings is 1. The van der Waals surface area contributed by atoms with E-state index in [1.54, 1.807) is 17.0 Å². The van der Waals surface area contributed by atoms with Crippen LogP contribution in [-0.2, 0) is 4.79 Å². The van der Waals surface area contributed by atoms with Crippen LogP contribution in [0.5, 0.6) is 5.75 Å². The molecule has 1 amide bonds. The second kappa shape index (κ2) is 7.41. The lowest BCUT2D eigenvalue weighted by Gasteiger charge is -2.23. The lowest BCUT2D eigenvalue weighted by Crippen LogP contribution is -2.40. The SMILES string of the molecule is CN(CCCOc1ccc(F)cc1)C(=O)[C@H]1CCC[C@@H]1N. The molecule has 1 fully saturated rings. The van der Waals surface area contributed by atoms with Crippen molar-refractivity contribution in [1.82, 2.24) is 4.90 Å². The van der Waals surface area contributed by atoms with Crippen molar-refractivity contribution in [2.45, 2.75) is 31.7 Å². The van der Waals surface area contributed by atoms with Gasteiger partial charge in [0.1, 0.15) is 11.6 Å². The fraction of sp³-hybridized carbons (Fsp3) is 0.562. The van der Waals surface area contributed by atoms with Crippen LogP contribution >= 0.6 is 0 Å². The Kier molecular flexibility index (Phi) is 5.56. The van der Waals surface area contributed by atoms with Crippen LogP contribution in [-0.4, -0.2) is 37.0 Å². The molecule has 5 heteroatoms. The third-order valence-electron chi connectivity index (χ3n) is 3.98. The molecule has 1 aliphatic rings. The maximum Gasteiger partial charge on any atom is 0.226 e. The number of nitrogens with two attached hydrogens (primary N) is 1. The standard InChI is InChI=1S/C16H23FN2O2/c1-19(16(20)14-4-2-5-15(14)18)10-3-11-21-13-8-6-12(17)7-9-13/h6-9,14-15H,2-5,10-11,18H2,1H3/t14-,15-/m0/s1. The van der Waals surface area contributed by atoms with E-state index in [9.17, 15) is 9.18 Å². The molecule has 2 N–H and O–H groups in total. The van der Waals surface area contributed by atoms with Crippen LogP contribution in [0.4, 0.5) is 4.39 Å². The van der Waals surface area contributed by atoms with Crippen LogP contribution in [0.15, 0.2) is 24.3 Å². The minimum absolute atomic E-state index is 0.00964. The first-order chi connectivity index (χ1) is 10.1. The predicted octanol–water partition coefficient (Wildman–Crippen LogP) is 2.18. The van der Waals surface area contributed by atoms with Gasteiger partial charge >= 0.3 is 0 Å². The third kappa shape index (κ3) is 4.43. The quantitative estimate of drug-likeness (QED) is 0.818. The van der Waals surface area contributed by atoms with Gasteiger partial charge in [-0.3, -0.25) is 4.79 Å². The van der Waals surface area contributed by atoms with Gasteiger partial charge in [0, 0.05) is 19.6 Å². The van der Waals surface area contributed by atoms with Gasteiger partial charge in [0.05, 0.1) is 12.5 Å². The summed E-state index contributed by atoms with van der Waals surface area (Å²) in [5.41, 5.74) is 5.96. The van der Waals surface area contributed by atoms with Crippen LogP contribution in [0, 0.1) is 11.7 Å². The van der Waals surface area contributed by atoms with Gasteiger partial charge in [0.15, 0.2) is 0 Å². The highest BCUT2D eigenvalue weighted by molar-refractivity contribution is 5.79. The molecule has 1 aliphatic carbocycles. The Hall–Kier alpha value is -1.62. The normalized spacial score (nSPS) is 21.3. The monoisotopic (exact) mass is 294 g/mol. The summed E-state index contributed by atoms with van der Waals surface area (Å²) < 4.78 is 18.2. The summed E-state index contributed by atoms with van der Waals surface area (Å²) in [5, 5.41) is 0. The molecule has 0 bridgehead atoms. The average molecular weight is 294 g/mol. The molecule has 1 saturated carbocycles. The number of carbonyl (C=O) groups excluding carboxylic acids is 1. The topological polar surface area (TPSA) is 55.6 Å². The fourth-order valence-corrected chi connectivity index (χ4v) is 2.71. The van der Waals surface area contributed by atoms with E-state index in [-0.39, 0.29) is 23.7 Å². The van der Waals surface area contributed by atoms with Crippen LogP contribution in [0.25, 0.3) is 0 Å². The highest BCUT2D eigenvalue weighted by Crippen LogP contribution is 2.25. The van der Waals surface area contributed by atoms with Gasteiger partial charge in [-0.15, -0.1) is 0 Å². The lowest BCUT2D eigenvalue weighted by molar-refractivity contribution is -0.134. The molecule has 0 heterocycles. The average Bonchev–Trinajstić information content (AvgIpc) is 2.90. The number of halogens is 1. The van der Waals surface area contributed by atoms with Crippen molar-refractivity contribution in [2.24, 2.45) is 11.7 Å². The molecule has 0 saturated heterocycles. The van der Waals surface area contributed by atoms with Crippen LogP contribution in [0.3, 0.4) is 0 Å². The maximum atomic E-state index is 12.7. The molecule has 0 radical (unpaired) electrons. The number of hydrogen-bond donors (Lipinski definition) is 1. The second-order valence-corrected chi connectivity index (χ2v) is 5.62. The third-order valence-corrected chi connectivity index (χ3v) is 3.98. The Morgan fingerprint density at radius 1 is 1.38 bits per heavy atom. The Morgan fingerprint density at radius 2 is 2.10 bits per heavy atom. The van der Waals surface area contributed by atoms with E-state index in [2.05, 4.69) is 0 Å².